The summed E-state index contributed by atoms with van der Waals surface area (Å²) < 4.78 is 10.7. The molecule has 3 aromatic rings. The standard InChI is InChI=1S/C17H11Cl2N3O5/c1-26-16-6-14(22(24)25)11(19)5-12(16)20-7-9(8-23)17-21-13-4-10(18)2-3-15(13)27-17/h2-8,20H,1H3. The number of hydrogen-bond acceptors (Lipinski definition) is 7. The Morgan fingerprint density at radius 2 is 2.11 bits per heavy atom. The van der Waals surface area contributed by atoms with Gasteiger partial charge in [0.1, 0.15) is 16.3 Å². The van der Waals surface area contributed by atoms with E-state index in [4.69, 9.17) is 32.4 Å². The molecule has 3 rings (SSSR count). The number of halogens is 2. The Morgan fingerprint density at radius 1 is 1.33 bits per heavy atom. The molecule has 1 heterocycles. The molecule has 0 unspecified atom stereocenters. The summed E-state index contributed by atoms with van der Waals surface area (Å²) >= 11 is 11.8. The molecule has 1 aromatic heterocycles. The van der Waals surface area contributed by atoms with E-state index in [2.05, 4.69) is 10.3 Å². The van der Waals surface area contributed by atoms with Crippen LogP contribution in [0.2, 0.25) is 10.0 Å². The molecule has 0 fully saturated rings. The number of hydrogen-bond donors (Lipinski definition) is 1. The van der Waals surface area contributed by atoms with Gasteiger partial charge in [0.15, 0.2) is 11.9 Å². The average Bonchev–Trinajstić information content (AvgIpc) is 3.04. The van der Waals surface area contributed by atoms with Gasteiger partial charge in [-0.1, -0.05) is 23.2 Å². The molecule has 0 saturated heterocycles. The number of anilines is 1. The van der Waals surface area contributed by atoms with Crippen LogP contribution in [0.3, 0.4) is 0 Å². The smallest absolute Gasteiger partial charge is 0.291 e. The summed E-state index contributed by atoms with van der Waals surface area (Å²) in [5.41, 5.74) is 1.11. The Kier molecular flexibility index (Phi) is 5.29. The molecule has 0 bridgehead atoms. The van der Waals surface area contributed by atoms with Crippen molar-refractivity contribution >= 4 is 57.5 Å². The van der Waals surface area contributed by atoms with E-state index in [-0.39, 0.29) is 27.9 Å². The second-order valence-corrected chi connectivity index (χ2v) is 6.10. The highest BCUT2D eigenvalue weighted by Gasteiger charge is 2.18. The van der Waals surface area contributed by atoms with Crippen LogP contribution in [0.1, 0.15) is 5.89 Å². The molecule has 2 aromatic carbocycles. The number of oxazole rings is 1. The predicted octanol–water partition coefficient (Wildman–Crippen LogP) is 4.70. The van der Waals surface area contributed by atoms with Gasteiger partial charge in [0.05, 0.1) is 29.4 Å². The first kappa shape index (κ1) is 18.7. The van der Waals surface area contributed by atoms with Crippen molar-refractivity contribution in [3.63, 3.8) is 0 Å². The molecule has 27 heavy (non-hydrogen) atoms. The number of aldehydes is 1. The summed E-state index contributed by atoms with van der Waals surface area (Å²) in [5, 5.41) is 14.2. The van der Waals surface area contributed by atoms with Gasteiger partial charge in [0.2, 0.25) is 5.89 Å². The Labute approximate surface area is 162 Å². The minimum absolute atomic E-state index is 0.0825. The van der Waals surface area contributed by atoms with Crippen molar-refractivity contribution in [2.45, 2.75) is 0 Å². The summed E-state index contributed by atoms with van der Waals surface area (Å²) in [7, 11) is 1.35. The molecule has 138 valence electrons. The Hall–Kier alpha value is -3.10. The molecule has 0 aliphatic rings. The van der Waals surface area contributed by atoms with Crippen LogP contribution in [0, 0.1) is 10.1 Å². The van der Waals surface area contributed by atoms with Crippen LogP contribution in [-0.4, -0.2) is 23.3 Å². The van der Waals surface area contributed by atoms with Crippen LogP contribution in [0.5, 0.6) is 5.75 Å². The van der Waals surface area contributed by atoms with Crippen molar-refractivity contribution in [1.29, 1.82) is 0 Å². The van der Waals surface area contributed by atoms with E-state index >= 15 is 0 Å². The van der Waals surface area contributed by atoms with Crippen LogP contribution in [0.25, 0.3) is 16.7 Å². The highest BCUT2D eigenvalue weighted by atomic mass is 35.5. The van der Waals surface area contributed by atoms with Gasteiger partial charge in [-0.25, -0.2) is 4.98 Å². The topological polar surface area (TPSA) is 108 Å². The molecule has 0 aliphatic carbocycles. The number of aromatic nitrogens is 1. The summed E-state index contributed by atoms with van der Waals surface area (Å²) in [4.78, 5) is 26.0. The number of allylic oxidation sites excluding steroid dienone is 1. The number of carbonyl (C=O) groups is 1. The van der Waals surface area contributed by atoms with Crippen molar-refractivity contribution < 1.29 is 18.9 Å². The lowest BCUT2D eigenvalue weighted by Gasteiger charge is -2.09. The number of nitrogens with zero attached hydrogens (tertiary/aromatic N) is 2. The molecule has 0 radical (unpaired) electrons. The van der Waals surface area contributed by atoms with E-state index in [1.807, 2.05) is 0 Å². The molecular formula is C17H11Cl2N3O5. The summed E-state index contributed by atoms with van der Waals surface area (Å²) in [6.45, 7) is 0. The van der Waals surface area contributed by atoms with Gasteiger partial charge >= 0.3 is 0 Å². The monoisotopic (exact) mass is 407 g/mol. The SMILES string of the molecule is COc1cc([N+](=O)[O-])c(Cl)cc1NC=C(C=O)c1nc2cc(Cl)ccc2o1. The summed E-state index contributed by atoms with van der Waals surface area (Å²) in [6.07, 6.45) is 1.89. The second-order valence-electron chi connectivity index (χ2n) is 5.25. The number of fused-ring (bicyclic) bond motifs is 1. The minimum Gasteiger partial charge on any atom is -0.494 e. The lowest BCUT2D eigenvalue weighted by molar-refractivity contribution is -0.384. The number of ether oxygens (including phenoxy) is 1. The quantitative estimate of drug-likeness (QED) is 0.273. The number of nitrogens with one attached hydrogen (secondary N) is 1. The molecule has 0 amide bonds. The number of carbonyl (C=O) groups excluding carboxylic acids is 1. The molecule has 1 N–H and O–H groups in total. The first-order valence-corrected chi connectivity index (χ1v) is 8.18. The minimum atomic E-state index is -0.620. The van der Waals surface area contributed by atoms with Crippen LogP contribution >= 0.6 is 23.2 Å². The maximum absolute atomic E-state index is 11.5. The zero-order chi connectivity index (χ0) is 19.6. The number of methoxy groups -OCH3 is 1. The van der Waals surface area contributed by atoms with E-state index in [1.165, 1.54) is 25.4 Å². The fraction of sp³-hybridized carbons (Fsp3) is 0.0588. The van der Waals surface area contributed by atoms with Crippen molar-refractivity contribution in [3.05, 3.63) is 62.6 Å². The molecule has 8 nitrogen and oxygen atoms in total. The van der Waals surface area contributed by atoms with E-state index in [0.29, 0.717) is 28.1 Å². The van der Waals surface area contributed by atoms with Gasteiger partial charge in [0.25, 0.3) is 5.69 Å². The molecule has 0 saturated carbocycles. The fourth-order valence-electron chi connectivity index (χ4n) is 2.29. The third-order valence-corrected chi connectivity index (χ3v) is 4.11. The largest absolute Gasteiger partial charge is 0.494 e. The highest BCUT2D eigenvalue weighted by molar-refractivity contribution is 6.33. The first-order valence-electron chi connectivity index (χ1n) is 7.43. The van der Waals surface area contributed by atoms with Gasteiger partial charge in [-0.15, -0.1) is 0 Å². The number of nitro benzene ring substituents is 1. The normalized spacial score (nSPS) is 11.4. The molecular weight excluding hydrogens is 397 g/mol. The van der Waals surface area contributed by atoms with Crippen molar-refractivity contribution in [2.24, 2.45) is 0 Å². The zero-order valence-electron chi connectivity index (χ0n) is 13.7. The third-order valence-electron chi connectivity index (χ3n) is 3.57. The maximum Gasteiger partial charge on any atom is 0.291 e. The first-order chi connectivity index (χ1) is 12.9. The van der Waals surface area contributed by atoms with Gasteiger partial charge in [-0.3, -0.25) is 14.9 Å². The number of nitro groups is 1. The predicted molar refractivity (Wildman–Crippen MR) is 101 cm³/mol. The van der Waals surface area contributed by atoms with E-state index < -0.39 is 4.92 Å². The van der Waals surface area contributed by atoms with Crippen LogP contribution in [-0.2, 0) is 4.79 Å². The van der Waals surface area contributed by atoms with E-state index in [1.54, 1.807) is 18.2 Å². The highest BCUT2D eigenvalue weighted by Crippen LogP contribution is 2.36. The van der Waals surface area contributed by atoms with E-state index in [0.717, 1.165) is 0 Å². The summed E-state index contributed by atoms with van der Waals surface area (Å²) in [6, 6.07) is 7.40. The fourth-order valence-corrected chi connectivity index (χ4v) is 2.69. The van der Waals surface area contributed by atoms with Gasteiger partial charge in [-0.05, 0) is 24.3 Å². The second kappa shape index (κ2) is 7.65. The Morgan fingerprint density at radius 3 is 2.78 bits per heavy atom. The Balaban J connectivity index is 1.96. The van der Waals surface area contributed by atoms with Gasteiger partial charge in [-0.2, -0.15) is 0 Å². The van der Waals surface area contributed by atoms with E-state index in [9.17, 15) is 14.9 Å². The average molecular weight is 408 g/mol. The van der Waals surface area contributed by atoms with Crippen molar-refractivity contribution in [1.82, 2.24) is 4.98 Å². The Bertz CT molecular complexity index is 1080. The lowest BCUT2D eigenvalue weighted by atomic mass is 10.2. The molecule has 0 aliphatic heterocycles. The van der Waals surface area contributed by atoms with Gasteiger partial charge in [0, 0.05) is 11.2 Å². The number of rotatable bonds is 6. The molecule has 0 atom stereocenters. The van der Waals surface area contributed by atoms with Crippen molar-refractivity contribution in [2.75, 3.05) is 12.4 Å². The lowest BCUT2D eigenvalue weighted by Crippen LogP contribution is -1.98. The van der Waals surface area contributed by atoms with Crippen LogP contribution < -0.4 is 10.1 Å². The zero-order valence-corrected chi connectivity index (χ0v) is 15.2. The molecule has 10 heteroatoms. The molecule has 0 spiro atoms. The maximum atomic E-state index is 11.5. The van der Waals surface area contributed by atoms with Crippen molar-refractivity contribution in [3.8, 4) is 5.75 Å². The number of benzene rings is 2. The van der Waals surface area contributed by atoms with Gasteiger partial charge < -0.3 is 14.5 Å². The summed E-state index contributed by atoms with van der Waals surface area (Å²) in [5.74, 6) is 0.263. The van der Waals surface area contributed by atoms with Crippen LogP contribution in [0.15, 0.2) is 40.9 Å². The third kappa shape index (κ3) is 3.86. The van der Waals surface area contributed by atoms with Crippen LogP contribution in [0.4, 0.5) is 11.4 Å².